The van der Waals surface area contributed by atoms with E-state index < -0.39 is 24.0 Å². The minimum absolute atomic E-state index is 0.151. The molecule has 112 valence electrons. The van der Waals surface area contributed by atoms with Crippen molar-refractivity contribution in [2.75, 3.05) is 0 Å². The normalized spacial score (nSPS) is 15.0. The third-order valence-corrected chi connectivity index (χ3v) is 3.41. The van der Waals surface area contributed by atoms with E-state index in [-0.39, 0.29) is 6.04 Å². The Balaban J connectivity index is 1.83. The number of halogens is 1. The zero-order valence-electron chi connectivity index (χ0n) is 11.4. The maximum Gasteiger partial charge on any atom is 0.338 e. The second-order valence-corrected chi connectivity index (χ2v) is 5.71. The lowest BCUT2D eigenvalue weighted by Crippen LogP contribution is -2.45. The van der Waals surface area contributed by atoms with Gasteiger partial charge in [0.1, 0.15) is 0 Å². The van der Waals surface area contributed by atoms with Crippen molar-refractivity contribution in [3.8, 4) is 0 Å². The maximum absolute atomic E-state index is 11.8. The first kappa shape index (κ1) is 15.5. The standard InChI is InChI=1S/C14H15BrN2O4/c1-8(12(18)17-14(20)16-11-6-7-11)21-13(19)9-2-4-10(15)5-3-9/h2-5,8,11H,6-7H2,1H3,(H2,16,17,18,20). The van der Waals surface area contributed by atoms with Crippen molar-refractivity contribution in [1.29, 1.82) is 0 Å². The van der Waals surface area contributed by atoms with E-state index in [0.717, 1.165) is 17.3 Å². The van der Waals surface area contributed by atoms with Crippen molar-refractivity contribution in [1.82, 2.24) is 10.6 Å². The molecule has 1 fully saturated rings. The van der Waals surface area contributed by atoms with E-state index in [4.69, 9.17) is 4.74 Å². The first-order valence-corrected chi connectivity index (χ1v) is 7.33. The molecule has 1 atom stereocenters. The monoisotopic (exact) mass is 354 g/mol. The number of benzene rings is 1. The highest BCUT2D eigenvalue weighted by Gasteiger charge is 2.26. The Bertz CT molecular complexity index is 555. The molecule has 3 amide bonds. The molecule has 0 bridgehead atoms. The highest BCUT2D eigenvalue weighted by atomic mass is 79.9. The number of imide groups is 1. The van der Waals surface area contributed by atoms with E-state index in [9.17, 15) is 14.4 Å². The van der Waals surface area contributed by atoms with Gasteiger partial charge in [-0.1, -0.05) is 15.9 Å². The van der Waals surface area contributed by atoms with Crippen molar-refractivity contribution >= 4 is 33.8 Å². The van der Waals surface area contributed by atoms with Crippen LogP contribution in [0, 0.1) is 0 Å². The van der Waals surface area contributed by atoms with Gasteiger partial charge in [0, 0.05) is 10.5 Å². The lowest BCUT2D eigenvalue weighted by Gasteiger charge is -2.13. The van der Waals surface area contributed by atoms with Gasteiger partial charge in [0.05, 0.1) is 5.56 Å². The zero-order chi connectivity index (χ0) is 15.4. The second-order valence-electron chi connectivity index (χ2n) is 4.79. The summed E-state index contributed by atoms with van der Waals surface area (Å²) in [5.41, 5.74) is 0.334. The third kappa shape index (κ3) is 4.86. The number of rotatable bonds is 4. The smallest absolute Gasteiger partial charge is 0.338 e. The highest BCUT2D eigenvalue weighted by Crippen LogP contribution is 2.18. The molecule has 0 aromatic heterocycles. The number of esters is 1. The first-order valence-electron chi connectivity index (χ1n) is 6.53. The molecule has 1 aromatic carbocycles. The summed E-state index contributed by atoms with van der Waals surface area (Å²) in [5.74, 6) is -1.27. The summed E-state index contributed by atoms with van der Waals surface area (Å²) in [6.07, 6.45) is 0.803. The minimum atomic E-state index is -1.05. The molecule has 0 spiro atoms. The van der Waals surface area contributed by atoms with Gasteiger partial charge < -0.3 is 10.1 Å². The number of ether oxygens (including phenoxy) is 1. The summed E-state index contributed by atoms with van der Waals surface area (Å²) >= 11 is 3.26. The van der Waals surface area contributed by atoms with Crippen LogP contribution in [0.2, 0.25) is 0 Å². The molecule has 1 saturated carbocycles. The number of hydrogen-bond acceptors (Lipinski definition) is 4. The molecule has 1 aliphatic rings. The summed E-state index contributed by atoms with van der Waals surface area (Å²) in [4.78, 5) is 35.0. The molecule has 2 rings (SSSR count). The molecule has 0 aliphatic heterocycles. The summed E-state index contributed by atoms with van der Waals surface area (Å²) in [7, 11) is 0. The van der Waals surface area contributed by atoms with Crippen LogP contribution in [-0.4, -0.2) is 30.1 Å². The second kappa shape index (κ2) is 6.71. The van der Waals surface area contributed by atoms with Crippen molar-refractivity contribution in [3.05, 3.63) is 34.3 Å². The third-order valence-electron chi connectivity index (χ3n) is 2.88. The van der Waals surface area contributed by atoms with Gasteiger partial charge in [-0.2, -0.15) is 0 Å². The SMILES string of the molecule is CC(OC(=O)c1ccc(Br)cc1)C(=O)NC(=O)NC1CC1. The lowest BCUT2D eigenvalue weighted by atomic mass is 10.2. The molecule has 6 nitrogen and oxygen atoms in total. The van der Waals surface area contributed by atoms with Crippen LogP contribution in [0.5, 0.6) is 0 Å². The van der Waals surface area contributed by atoms with Gasteiger partial charge >= 0.3 is 12.0 Å². The molecule has 0 radical (unpaired) electrons. The molecular weight excluding hydrogens is 340 g/mol. The van der Waals surface area contributed by atoms with Crippen LogP contribution in [0.25, 0.3) is 0 Å². The Kier molecular flexibility index (Phi) is 4.95. The summed E-state index contributed by atoms with van der Waals surface area (Å²) in [5, 5.41) is 4.76. The van der Waals surface area contributed by atoms with Gasteiger partial charge in [-0.15, -0.1) is 0 Å². The fraction of sp³-hybridized carbons (Fsp3) is 0.357. The van der Waals surface area contributed by atoms with Crippen LogP contribution in [-0.2, 0) is 9.53 Å². The predicted molar refractivity (Wildman–Crippen MR) is 78.7 cm³/mol. The maximum atomic E-state index is 11.8. The average molecular weight is 355 g/mol. The zero-order valence-corrected chi connectivity index (χ0v) is 13.0. The van der Waals surface area contributed by atoms with Crippen molar-refractivity contribution in [2.24, 2.45) is 0 Å². The van der Waals surface area contributed by atoms with Crippen molar-refractivity contribution < 1.29 is 19.1 Å². The van der Waals surface area contributed by atoms with E-state index in [1.165, 1.54) is 6.92 Å². The number of carbonyl (C=O) groups is 3. The molecule has 1 unspecified atom stereocenters. The van der Waals surface area contributed by atoms with Crippen LogP contribution < -0.4 is 10.6 Å². The lowest BCUT2D eigenvalue weighted by molar-refractivity contribution is -0.127. The Hall–Kier alpha value is -1.89. The van der Waals surface area contributed by atoms with Gasteiger partial charge in [-0.25, -0.2) is 9.59 Å². The van der Waals surface area contributed by atoms with Crippen LogP contribution in [0.3, 0.4) is 0 Å². The number of nitrogens with one attached hydrogen (secondary N) is 2. The Morgan fingerprint density at radius 2 is 1.86 bits per heavy atom. The average Bonchev–Trinajstić information content (AvgIpc) is 3.22. The minimum Gasteiger partial charge on any atom is -0.449 e. The molecule has 0 saturated heterocycles. The fourth-order valence-electron chi connectivity index (χ4n) is 1.53. The van der Waals surface area contributed by atoms with Gasteiger partial charge in [0.2, 0.25) is 0 Å². The summed E-state index contributed by atoms with van der Waals surface area (Å²) in [6, 6.07) is 6.15. The molecule has 1 aromatic rings. The molecule has 2 N–H and O–H groups in total. The van der Waals surface area contributed by atoms with E-state index in [1.54, 1.807) is 24.3 Å². The highest BCUT2D eigenvalue weighted by molar-refractivity contribution is 9.10. The van der Waals surface area contributed by atoms with E-state index in [1.807, 2.05) is 0 Å². The van der Waals surface area contributed by atoms with Crippen molar-refractivity contribution in [3.63, 3.8) is 0 Å². The van der Waals surface area contributed by atoms with Gasteiger partial charge in [-0.05, 0) is 44.0 Å². The molecule has 1 aliphatic carbocycles. The molecular formula is C14H15BrN2O4. The van der Waals surface area contributed by atoms with Gasteiger partial charge in [0.15, 0.2) is 6.10 Å². The van der Waals surface area contributed by atoms with E-state index in [2.05, 4.69) is 26.6 Å². The Morgan fingerprint density at radius 3 is 2.43 bits per heavy atom. The number of carbonyl (C=O) groups excluding carboxylic acids is 3. The van der Waals surface area contributed by atoms with Crippen LogP contribution >= 0.6 is 15.9 Å². The van der Waals surface area contributed by atoms with Gasteiger partial charge in [-0.3, -0.25) is 10.1 Å². The quantitative estimate of drug-likeness (QED) is 0.809. The largest absolute Gasteiger partial charge is 0.449 e. The predicted octanol–water partition coefficient (Wildman–Crippen LogP) is 1.98. The summed E-state index contributed by atoms with van der Waals surface area (Å²) < 4.78 is 5.85. The number of amides is 3. The van der Waals surface area contributed by atoms with E-state index in [0.29, 0.717) is 5.56 Å². The van der Waals surface area contributed by atoms with Crippen LogP contribution in [0.15, 0.2) is 28.7 Å². The number of hydrogen-bond donors (Lipinski definition) is 2. The molecule has 0 heterocycles. The van der Waals surface area contributed by atoms with Gasteiger partial charge in [0.25, 0.3) is 5.91 Å². The Morgan fingerprint density at radius 1 is 1.24 bits per heavy atom. The van der Waals surface area contributed by atoms with Crippen LogP contribution in [0.1, 0.15) is 30.1 Å². The van der Waals surface area contributed by atoms with E-state index >= 15 is 0 Å². The Labute approximate surface area is 130 Å². The summed E-state index contributed by atoms with van der Waals surface area (Å²) in [6.45, 7) is 1.41. The fourth-order valence-corrected chi connectivity index (χ4v) is 1.80. The number of urea groups is 1. The van der Waals surface area contributed by atoms with Crippen LogP contribution in [0.4, 0.5) is 4.79 Å². The van der Waals surface area contributed by atoms with Crippen molar-refractivity contribution in [2.45, 2.75) is 31.9 Å². The first-order chi connectivity index (χ1) is 9.95. The molecule has 21 heavy (non-hydrogen) atoms. The topological polar surface area (TPSA) is 84.5 Å². The molecule has 7 heteroatoms.